The van der Waals surface area contributed by atoms with Gasteiger partial charge in [0, 0.05) is 17.2 Å². The molecule has 6 nitrogen and oxygen atoms in total. The van der Waals surface area contributed by atoms with Crippen LogP contribution in [0.5, 0.6) is 5.75 Å². The Morgan fingerprint density at radius 3 is 2.43 bits per heavy atom. The molecule has 0 saturated heterocycles. The number of rotatable bonds is 4. The molecule has 0 aliphatic rings. The maximum Gasteiger partial charge on any atom is 0.339 e. The van der Waals surface area contributed by atoms with Crippen LogP contribution in [0, 0.1) is 10.1 Å². The first kappa shape index (κ1) is 15.6. The predicted octanol–water partition coefficient (Wildman–Crippen LogP) is 3.67. The largest absolute Gasteiger partial charge is 0.379 e. The van der Waals surface area contributed by atoms with E-state index in [4.69, 9.17) is 27.4 Å². The van der Waals surface area contributed by atoms with E-state index in [0.29, 0.717) is 5.02 Å². The number of hydrogen-bond acceptors (Lipinski definition) is 5. The van der Waals surface area contributed by atoms with Crippen molar-refractivity contribution in [1.29, 1.82) is 0 Å². The van der Waals surface area contributed by atoms with Crippen molar-refractivity contribution in [2.75, 3.05) is 0 Å². The molecular weight excluding hydrogens is 341 g/mol. The molecule has 110 valence electrons. The maximum atomic E-state index is 12.1. The zero-order chi connectivity index (χ0) is 15.6. The van der Waals surface area contributed by atoms with Gasteiger partial charge in [-0.1, -0.05) is 29.3 Å². The van der Waals surface area contributed by atoms with Crippen LogP contribution >= 0.6 is 23.2 Å². The third kappa shape index (κ3) is 3.63. The summed E-state index contributed by atoms with van der Waals surface area (Å²) in [4.78, 5) is 9.62. The molecule has 2 rings (SSSR count). The van der Waals surface area contributed by atoms with Gasteiger partial charge in [-0.05, 0) is 24.3 Å². The zero-order valence-corrected chi connectivity index (χ0v) is 12.5. The predicted molar refractivity (Wildman–Crippen MR) is 77.4 cm³/mol. The van der Waals surface area contributed by atoms with Crippen molar-refractivity contribution in [3.8, 4) is 5.75 Å². The number of halogens is 2. The molecule has 0 N–H and O–H groups in total. The van der Waals surface area contributed by atoms with Crippen molar-refractivity contribution in [3.63, 3.8) is 0 Å². The number of hydrogen-bond donors (Lipinski definition) is 0. The van der Waals surface area contributed by atoms with E-state index in [2.05, 4.69) is 0 Å². The van der Waals surface area contributed by atoms with Gasteiger partial charge in [-0.2, -0.15) is 8.42 Å². The van der Waals surface area contributed by atoms with Crippen LogP contribution in [0.3, 0.4) is 0 Å². The number of nitrogens with zero attached hydrogens (tertiary/aromatic N) is 1. The second kappa shape index (κ2) is 5.88. The highest BCUT2D eigenvalue weighted by Crippen LogP contribution is 2.29. The summed E-state index contributed by atoms with van der Waals surface area (Å²) in [5, 5.41) is 10.9. The van der Waals surface area contributed by atoms with Gasteiger partial charge in [-0.15, -0.1) is 0 Å². The Hall–Kier alpha value is -1.83. The van der Waals surface area contributed by atoms with Crippen LogP contribution < -0.4 is 4.18 Å². The normalized spacial score (nSPS) is 11.1. The van der Waals surface area contributed by atoms with Gasteiger partial charge in [0.1, 0.15) is 15.7 Å². The van der Waals surface area contributed by atoms with Gasteiger partial charge in [-0.3, -0.25) is 10.1 Å². The smallest absolute Gasteiger partial charge is 0.339 e. The van der Waals surface area contributed by atoms with E-state index < -0.39 is 20.7 Å². The maximum absolute atomic E-state index is 12.1. The van der Waals surface area contributed by atoms with Gasteiger partial charge >= 0.3 is 10.1 Å². The Kier molecular flexibility index (Phi) is 4.36. The molecule has 2 aromatic rings. The fraction of sp³-hybridized carbons (Fsp3) is 0. The second-order valence-electron chi connectivity index (χ2n) is 3.87. The first-order chi connectivity index (χ1) is 9.79. The van der Waals surface area contributed by atoms with Crippen molar-refractivity contribution in [2.45, 2.75) is 4.90 Å². The highest BCUT2D eigenvalue weighted by Gasteiger charge is 2.22. The van der Waals surface area contributed by atoms with E-state index in [1.54, 1.807) is 6.07 Å². The monoisotopic (exact) mass is 347 g/mol. The fourth-order valence-electron chi connectivity index (χ4n) is 1.48. The summed E-state index contributed by atoms with van der Waals surface area (Å²) in [5.74, 6) is 0.0000954. The van der Waals surface area contributed by atoms with Gasteiger partial charge in [0.05, 0.1) is 4.92 Å². The van der Waals surface area contributed by atoms with Crippen LogP contribution in [0.1, 0.15) is 0 Å². The third-order valence-corrected chi connectivity index (χ3v) is 4.20. The minimum atomic E-state index is -4.22. The fourth-order valence-corrected chi connectivity index (χ4v) is 2.79. The van der Waals surface area contributed by atoms with Crippen molar-refractivity contribution in [3.05, 3.63) is 62.6 Å². The molecule has 0 aromatic heterocycles. The molecule has 0 aliphatic carbocycles. The van der Waals surface area contributed by atoms with Crippen LogP contribution in [0.25, 0.3) is 0 Å². The lowest BCUT2D eigenvalue weighted by Gasteiger charge is -2.07. The van der Waals surface area contributed by atoms with Crippen molar-refractivity contribution in [1.82, 2.24) is 0 Å². The number of nitro groups is 1. The Morgan fingerprint density at radius 1 is 1.10 bits per heavy atom. The first-order valence-corrected chi connectivity index (χ1v) is 7.60. The minimum absolute atomic E-state index is 0.0000954. The molecule has 0 radical (unpaired) electrons. The van der Waals surface area contributed by atoms with Gasteiger partial charge < -0.3 is 4.18 Å². The van der Waals surface area contributed by atoms with E-state index in [1.807, 2.05) is 0 Å². The third-order valence-electron chi connectivity index (χ3n) is 2.40. The van der Waals surface area contributed by atoms with Crippen LogP contribution in [0.2, 0.25) is 10.0 Å². The summed E-state index contributed by atoms with van der Waals surface area (Å²) in [7, 11) is -4.22. The molecule has 0 aliphatic heterocycles. The molecule has 0 saturated carbocycles. The van der Waals surface area contributed by atoms with Gasteiger partial charge in [-0.25, -0.2) is 0 Å². The SMILES string of the molecule is O=[N+]([O-])c1cc(S(=O)(=O)Oc2cccc(Cl)c2)ccc1Cl. The van der Waals surface area contributed by atoms with E-state index in [1.165, 1.54) is 18.2 Å². The lowest BCUT2D eigenvalue weighted by atomic mass is 10.3. The van der Waals surface area contributed by atoms with Crippen LogP contribution in [-0.2, 0) is 10.1 Å². The quantitative estimate of drug-likeness (QED) is 0.478. The molecule has 0 amide bonds. The average Bonchev–Trinajstić information content (AvgIpc) is 2.38. The van der Waals surface area contributed by atoms with E-state index in [9.17, 15) is 18.5 Å². The molecule has 0 fully saturated rings. The lowest BCUT2D eigenvalue weighted by Crippen LogP contribution is -2.10. The zero-order valence-electron chi connectivity index (χ0n) is 10.2. The molecule has 9 heteroatoms. The molecule has 0 bridgehead atoms. The average molecular weight is 348 g/mol. The van der Waals surface area contributed by atoms with E-state index in [-0.39, 0.29) is 15.7 Å². The summed E-state index contributed by atoms with van der Waals surface area (Å²) in [5.41, 5.74) is -0.521. The summed E-state index contributed by atoms with van der Waals surface area (Å²) in [6.07, 6.45) is 0. The minimum Gasteiger partial charge on any atom is -0.379 e. The molecule has 0 heterocycles. The second-order valence-corrected chi connectivity index (χ2v) is 6.26. The topological polar surface area (TPSA) is 86.5 Å². The van der Waals surface area contributed by atoms with Crippen molar-refractivity contribution in [2.24, 2.45) is 0 Å². The number of benzene rings is 2. The molecule has 21 heavy (non-hydrogen) atoms. The lowest BCUT2D eigenvalue weighted by molar-refractivity contribution is -0.384. The Bertz CT molecular complexity index is 807. The summed E-state index contributed by atoms with van der Waals surface area (Å²) in [6, 6.07) is 8.84. The Balaban J connectivity index is 2.40. The van der Waals surface area contributed by atoms with Crippen LogP contribution in [-0.4, -0.2) is 13.3 Å². The van der Waals surface area contributed by atoms with Crippen LogP contribution in [0.4, 0.5) is 5.69 Å². The van der Waals surface area contributed by atoms with Gasteiger partial charge in [0.2, 0.25) is 0 Å². The van der Waals surface area contributed by atoms with E-state index >= 15 is 0 Å². The molecule has 0 atom stereocenters. The number of nitro benzene ring substituents is 1. The van der Waals surface area contributed by atoms with E-state index in [0.717, 1.165) is 18.2 Å². The highest BCUT2D eigenvalue weighted by atomic mass is 35.5. The summed E-state index contributed by atoms with van der Waals surface area (Å²) >= 11 is 11.4. The highest BCUT2D eigenvalue weighted by molar-refractivity contribution is 7.87. The summed E-state index contributed by atoms with van der Waals surface area (Å²) < 4.78 is 29.0. The standard InChI is InChI=1S/C12H7Cl2NO5S/c13-8-2-1-3-9(6-8)20-21(18,19)10-4-5-11(14)12(7-10)15(16)17/h1-7H. The summed E-state index contributed by atoms with van der Waals surface area (Å²) in [6.45, 7) is 0. The Morgan fingerprint density at radius 2 is 1.81 bits per heavy atom. The van der Waals surface area contributed by atoms with Crippen molar-refractivity contribution < 1.29 is 17.5 Å². The molecule has 2 aromatic carbocycles. The molecule has 0 unspecified atom stereocenters. The van der Waals surface area contributed by atoms with Gasteiger partial charge in [0.15, 0.2) is 0 Å². The molecule has 0 spiro atoms. The molecular formula is C12H7Cl2NO5S. The first-order valence-electron chi connectivity index (χ1n) is 5.43. The van der Waals surface area contributed by atoms with Crippen molar-refractivity contribution >= 4 is 39.0 Å². The van der Waals surface area contributed by atoms with Gasteiger partial charge in [0.25, 0.3) is 5.69 Å². The Labute approximate surface area is 130 Å². The van der Waals surface area contributed by atoms with Crippen LogP contribution in [0.15, 0.2) is 47.4 Å².